The monoisotopic (exact) mass is 241 g/mol. The summed E-state index contributed by atoms with van der Waals surface area (Å²) in [5.74, 6) is 0.224. The first-order valence-corrected chi connectivity index (χ1v) is 6.49. The van der Waals surface area contributed by atoms with Crippen LogP contribution < -0.4 is 16.0 Å². The van der Waals surface area contributed by atoms with Gasteiger partial charge in [0.2, 0.25) is 11.8 Å². The summed E-state index contributed by atoms with van der Waals surface area (Å²) < 4.78 is 0. The predicted octanol–water partition coefficient (Wildman–Crippen LogP) is 0.0185. The molecular formula is C12H23N3O2. The van der Waals surface area contributed by atoms with E-state index in [2.05, 4.69) is 16.0 Å². The molecule has 98 valence electrons. The van der Waals surface area contributed by atoms with Gasteiger partial charge in [-0.05, 0) is 32.4 Å². The molecule has 2 amide bonds. The largest absolute Gasteiger partial charge is 0.356 e. The zero-order valence-electron chi connectivity index (χ0n) is 10.6. The Labute approximate surface area is 103 Å². The van der Waals surface area contributed by atoms with E-state index >= 15 is 0 Å². The standard InChI is InChI=1S/C12H23N3O2/c1-2-6-14-11(16)5-9-15-12(17)10-3-7-13-8-4-10/h10,13H,2-9H2,1H3,(H,14,16)(H,15,17). The van der Waals surface area contributed by atoms with Crippen LogP contribution in [-0.4, -0.2) is 38.0 Å². The molecule has 0 bridgehead atoms. The zero-order valence-corrected chi connectivity index (χ0v) is 10.6. The number of carbonyl (C=O) groups is 2. The number of amides is 2. The molecule has 0 aromatic rings. The average Bonchev–Trinajstić information content (AvgIpc) is 2.37. The summed E-state index contributed by atoms with van der Waals surface area (Å²) in [4.78, 5) is 23.0. The van der Waals surface area contributed by atoms with Crippen molar-refractivity contribution in [3.63, 3.8) is 0 Å². The van der Waals surface area contributed by atoms with Crippen molar-refractivity contribution in [2.75, 3.05) is 26.2 Å². The molecule has 5 nitrogen and oxygen atoms in total. The maximum atomic E-state index is 11.7. The summed E-state index contributed by atoms with van der Waals surface area (Å²) in [6, 6.07) is 0. The molecule has 3 N–H and O–H groups in total. The lowest BCUT2D eigenvalue weighted by atomic mass is 9.97. The number of piperidine rings is 1. The lowest BCUT2D eigenvalue weighted by molar-refractivity contribution is -0.126. The van der Waals surface area contributed by atoms with Crippen molar-refractivity contribution in [1.29, 1.82) is 0 Å². The van der Waals surface area contributed by atoms with E-state index in [1.54, 1.807) is 0 Å². The molecule has 1 heterocycles. The SMILES string of the molecule is CCCNC(=O)CCNC(=O)C1CCNCC1. The second kappa shape index (κ2) is 8.06. The van der Waals surface area contributed by atoms with Crippen LogP contribution in [0.15, 0.2) is 0 Å². The van der Waals surface area contributed by atoms with E-state index in [0.29, 0.717) is 19.5 Å². The molecule has 0 spiro atoms. The van der Waals surface area contributed by atoms with Crippen molar-refractivity contribution in [3.05, 3.63) is 0 Å². The van der Waals surface area contributed by atoms with E-state index in [9.17, 15) is 9.59 Å². The van der Waals surface area contributed by atoms with Gasteiger partial charge in [0.25, 0.3) is 0 Å². The van der Waals surface area contributed by atoms with Gasteiger partial charge in [0.1, 0.15) is 0 Å². The van der Waals surface area contributed by atoms with Crippen molar-refractivity contribution in [2.45, 2.75) is 32.6 Å². The molecular weight excluding hydrogens is 218 g/mol. The molecule has 0 aliphatic carbocycles. The third-order valence-electron chi connectivity index (χ3n) is 2.93. The van der Waals surface area contributed by atoms with Crippen molar-refractivity contribution in [2.24, 2.45) is 5.92 Å². The fourth-order valence-corrected chi connectivity index (χ4v) is 1.88. The second-order valence-electron chi connectivity index (χ2n) is 4.42. The summed E-state index contributed by atoms with van der Waals surface area (Å²) in [6.07, 6.45) is 3.10. The molecule has 1 aliphatic heterocycles. The lowest BCUT2D eigenvalue weighted by Crippen LogP contribution is -2.39. The molecule has 17 heavy (non-hydrogen) atoms. The van der Waals surface area contributed by atoms with Gasteiger partial charge in [-0.1, -0.05) is 6.92 Å². The summed E-state index contributed by atoms with van der Waals surface area (Å²) in [5.41, 5.74) is 0. The predicted molar refractivity (Wildman–Crippen MR) is 66.5 cm³/mol. The summed E-state index contributed by atoms with van der Waals surface area (Å²) in [5, 5.41) is 8.84. The van der Waals surface area contributed by atoms with E-state index in [4.69, 9.17) is 0 Å². The maximum absolute atomic E-state index is 11.7. The Hall–Kier alpha value is -1.10. The van der Waals surface area contributed by atoms with Crippen molar-refractivity contribution >= 4 is 11.8 Å². The number of nitrogens with one attached hydrogen (secondary N) is 3. The molecule has 1 rings (SSSR count). The number of hydrogen-bond donors (Lipinski definition) is 3. The van der Waals surface area contributed by atoms with Crippen molar-refractivity contribution in [1.82, 2.24) is 16.0 Å². The van der Waals surface area contributed by atoms with E-state index < -0.39 is 0 Å². The Bertz CT molecular complexity index is 250. The Morgan fingerprint density at radius 3 is 2.53 bits per heavy atom. The molecule has 0 aromatic carbocycles. The minimum atomic E-state index is 0.0115. The molecule has 0 radical (unpaired) electrons. The number of hydrogen-bond acceptors (Lipinski definition) is 3. The first kappa shape index (κ1) is 14.0. The van der Waals surface area contributed by atoms with Gasteiger partial charge in [-0.3, -0.25) is 9.59 Å². The first-order chi connectivity index (χ1) is 8.24. The topological polar surface area (TPSA) is 70.2 Å². The summed E-state index contributed by atoms with van der Waals surface area (Å²) in [7, 11) is 0. The van der Waals surface area contributed by atoms with E-state index in [1.165, 1.54) is 0 Å². The highest BCUT2D eigenvalue weighted by Gasteiger charge is 2.20. The summed E-state index contributed by atoms with van der Waals surface area (Å²) >= 11 is 0. The van der Waals surface area contributed by atoms with Crippen LogP contribution >= 0.6 is 0 Å². The quantitative estimate of drug-likeness (QED) is 0.614. The van der Waals surface area contributed by atoms with Gasteiger partial charge in [-0.25, -0.2) is 0 Å². The third-order valence-corrected chi connectivity index (χ3v) is 2.93. The van der Waals surface area contributed by atoms with Crippen LogP contribution in [0.1, 0.15) is 32.6 Å². The zero-order chi connectivity index (χ0) is 12.5. The van der Waals surface area contributed by atoms with Gasteiger partial charge in [-0.15, -0.1) is 0 Å². The molecule has 1 aliphatic rings. The third kappa shape index (κ3) is 5.68. The number of rotatable bonds is 6. The smallest absolute Gasteiger partial charge is 0.223 e. The van der Waals surface area contributed by atoms with Crippen LogP contribution in [-0.2, 0) is 9.59 Å². The summed E-state index contributed by atoms with van der Waals surface area (Å²) in [6.45, 7) is 4.99. The van der Waals surface area contributed by atoms with Gasteiger partial charge in [0.05, 0.1) is 0 Å². The fourth-order valence-electron chi connectivity index (χ4n) is 1.88. The molecule has 0 saturated carbocycles. The van der Waals surface area contributed by atoms with Crippen LogP contribution in [0.5, 0.6) is 0 Å². The average molecular weight is 241 g/mol. The minimum Gasteiger partial charge on any atom is -0.356 e. The van der Waals surface area contributed by atoms with E-state index in [1.807, 2.05) is 6.92 Å². The Balaban J connectivity index is 2.08. The molecule has 0 atom stereocenters. The van der Waals surface area contributed by atoms with Crippen LogP contribution in [0, 0.1) is 5.92 Å². The van der Waals surface area contributed by atoms with Crippen molar-refractivity contribution < 1.29 is 9.59 Å². The van der Waals surface area contributed by atoms with Gasteiger partial charge in [0.15, 0.2) is 0 Å². The van der Waals surface area contributed by atoms with Crippen LogP contribution in [0.4, 0.5) is 0 Å². The van der Waals surface area contributed by atoms with E-state index in [0.717, 1.165) is 32.4 Å². The fraction of sp³-hybridized carbons (Fsp3) is 0.833. The van der Waals surface area contributed by atoms with Gasteiger partial charge >= 0.3 is 0 Å². The van der Waals surface area contributed by atoms with Crippen LogP contribution in [0.3, 0.4) is 0 Å². The van der Waals surface area contributed by atoms with E-state index in [-0.39, 0.29) is 17.7 Å². The van der Waals surface area contributed by atoms with Crippen LogP contribution in [0.25, 0.3) is 0 Å². The minimum absolute atomic E-state index is 0.0115. The highest BCUT2D eigenvalue weighted by Crippen LogP contribution is 2.10. The highest BCUT2D eigenvalue weighted by atomic mass is 16.2. The van der Waals surface area contributed by atoms with Crippen molar-refractivity contribution in [3.8, 4) is 0 Å². The number of carbonyl (C=O) groups excluding carboxylic acids is 2. The normalized spacial score (nSPS) is 16.5. The van der Waals surface area contributed by atoms with Crippen LogP contribution in [0.2, 0.25) is 0 Å². The molecule has 0 unspecified atom stereocenters. The Morgan fingerprint density at radius 2 is 1.88 bits per heavy atom. The van der Waals surface area contributed by atoms with Gasteiger partial charge in [-0.2, -0.15) is 0 Å². The lowest BCUT2D eigenvalue weighted by Gasteiger charge is -2.21. The maximum Gasteiger partial charge on any atom is 0.223 e. The Kier molecular flexibility index (Phi) is 6.62. The highest BCUT2D eigenvalue weighted by molar-refractivity contribution is 5.80. The molecule has 5 heteroatoms. The second-order valence-corrected chi connectivity index (χ2v) is 4.42. The molecule has 1 fully saturated rings. The first-order valence-electron chi connectivity index (χ1n) is 6.49. The van der Waals surface area contributed by atoms with Gasteiger partial charge < -0.3 is 16.0 Å². The Morgan fingerprint density at radius 1 is 1.18 bits per heavy atom. The van der Waals surface area contributed by atoms with Gasteiger partial charge in [0, 0.05) is 25.4 Å². The molecule has 1 saturated heterocycles. The molecule has 0 aromatic heterocycles.